The van der Waals surface area contributed by atoms with E-state index >= 15 is 0 Å². The molecule has 1 fully saturated rings. The molecule has 0 saturated carbocycles. The van der Waals surface area contributed by atoms with Crippen molar-refractivity contribution in [2.24, 2.45) is 11.8 Å². The molecule has 0 amide bonds. The number of nitrogens with one attached hydrogen (secondary N) is 1. The van der Waals surface area contributed by atoms with Crippen molar-refractivity contribution in [2.75, 3.05) is 33.4 Å². The molecule has 1 aromatic carbocycles. The minimum atomic E-state index is -3.39. The Kier molecular flexibility index (Phi) is 5.32. The summed E-state index contributed by atoms with van der Waals surface area (Å²) in [6, 6.07) is 5.81. The van der Waals surface area contributed by atoms with Crippen LogP contribution in [0.1, 0.15) is 25.3 Å². The van der Waals surface area contributed by atoms with E-state index in [2.05, 4.69) is 11.6 Å². The summed E-state index contributed by atoms with van der Waals surface area (Å²) >= 11 is 0. The van der Waals surface area contributed by atoms with Crippen LogP contribution in [0, 0.1) is 11.8 Å². The highest BCUT2D eigenvalue weighted by Gasteiger charge is 2.28. The molecule has 2 heterocycles. The highest BCUT2D eigenvalue weighted by atomic mass is 32.2. The second kappa shape index (κ2) is 7.29. The second-order valence-electron chi connectivity index (χ2n) is 6.76. The first-order valence-electron chi connectivity index (χ1n) is 8.53. The fourth-order valence-corrected chi connectivity index (χ4v) is 4.61. The fraction of sp³-hybridized carbons (Fsp3) is 0.647. The van der Waals surface area contributed by atoms with Crippen LogP contribution in [0.15, 0.2) is 18.2 Å². The summed E-state index contributed by atoms with van der Waals surface area (Å²) in [5, 5.41) is 0. The molecule has 0 bridgehead atoms. The Morgan fingerprint density at radius 3 is 2.79 bits per heavy atom. The van der Waals surface area contributed by atoms with Crippen molar-refractivity contribution in [3.8, 4) is 11.5 Å². The van der Waals surface area contributed by atoms with Crippen molar-refractivity contribution in [3.63, 3.8) is 0 Å². The van der Waals surface area contributed by atoms with E-state index in [9.17, 15) is 8.42 Å². The maximum atomic E-state index is 12.4. The van der Waals surface area contributed by atoms with Crippen LogP contribution < -0.4 is 14.2 Å². The summed E-state index contributed by atoms with van der Waals surface area (Å²) in [5.74, 6) is 2.25. The van der Waals surface area contributed by atoms with Crippen LogP contribution in [0.25, 0.3) is 0 Å². The van der Waals surface area contributed by atoms with E-state index in [4.69, 9.17) is 9.47 Å². The average molecular weight is 354 g/mol. The Balaban J connectivity index is 1.57. The summed E-state index contributed by atoms with van der Waals surface area (Å²) in [6.45, 7) is 4.27. The number of hydrogen-bond donors (Lipinski definition) is 1. The first-order chi connectivity index (χ1) is 11.5. The zero-order valence-electron chi connectivity index (χ0n) is 14.3. The van der Waals surface area contributed by atoms with E-state index in [0.29, 0.717) is 32.2 Å². The van der Waals surface area contributed by atoms with Gasteiger partial charge < -0.3 is 9.47 Å². The lowest BCUT2D eigenvalue weighted by molar-refractivity contribution is 0.212. The Morgan fingerprint density at radius 1 is 1.33 bits per heavy atom. The van der Waals surface area contributed by atoms with Gasteiger partial charge >= 0.3 is 0 Å². The van der Waals surface area contributed by atoms with Gasteiger partial charge in [-0.15, -0.1) is 0 Å². The summed E-state index contributed by atoms with van der Waals surface area (Å²) in [4.78, 5) is 0. The number of hydrogen-bond acceptors (Lipinski definition) is 4. The number of ether oxygens (including phenoxy) is 2. The Labute approximate surface area is 144 Å². The van der Waals surface area contributed by atoms with Crippen molar-refractivity contribution >= 4 is 10.2 Å². The van der Waals surface area contributed by atoms with Gasteiger partial charge in [-0.2, -0.15) is 12.7 Å². The number of methoxy groups -OCH3 is 1. The maximum Gasteiger partial charge on any atom is 0.279 e. The van der Waals surface area contributed by atoms with Crippen molar-refractivity contribution in [1.29, 1.82) is 0 Å². The number of para-hydroxylation sites is 1. The molecule has 6 nitrogen and oxygen atoms in total. The van der Waals surface area contributed by atoms with Crippen LogP contribution in [0.4, 0.5) is 0 Å². The lowest BCUT2D eigenvalue weighted by Gasteiger charge is -2.31. The lowest BCUT2D eigenvalue weighted by atomic mass is 9.96. The first-order valence-corrected chi connectivity index (χ1v) is 9.97. The third-order valence-electron chi connectivity index (χ3n) is 4.89. The van der Waals surface area contributed by atoms with E-state index < -0.39 is 10.2 Å². The van der Waals surface area contributed by atoms with Crippen molar-refractivity contribution < 1.29 is 17.9 Å². The molecule has 1 aromatic rings. The van der Waals surface area contributed by atoms with Crippen molar-refractivity contribution in [1.82, 2.24) is 9.03 Å². The van der Waals surface area contributed by atoms with E-state index in [1.54, 1.807) is 11.4 Å². The van der Waals surface area contributed by atoms with Crippen molar-refractivity contribution in [2.45, 2.75) is 26.2 Å². The largest absolute Gasteiger partial charge is 0.493 e. The van der Waals surface area contributed by atoms with E-state index in [1.807, 2.05) is 18.2 Å². The smallest absolute Gasteiger partial charge is 0.279 e. The highest BCUT2D eigenvalue weighted by molar-refractivity contribution is 7.87. The summed E-state index contributed by atoms with van der Waals surface area (Å²) in [7, 11) is -1.77. The van der Waals surface area contributed by atoms with Gasteiger partial charge in [0.15, 0.2) is 11.5 Å². The first kappa shape index (κ1) is 17.5. The third kappa shape index (κ3) is 3.84. The molecule has 2 aliphatic heterocycles. The molecule has 0 spiro atoms. The summed E-state index contributed by atoms with van der Waals surface area (Å²) in [6.07, 6.45) is 2.65. The van der Waals surface area contributed by atoms with Crippen LogP contribution in [0.3, 0.4) is 0 Å². The average Bonchev–Trinajstić information content (AvgIpc) is 2.59. The second-order valence-corrected chi connectivity index (χ2v) is 8.52. The Bertz CT molecular complexity index is 669. The molecule has 0 radical (unpaired) electrons. The van der Waals surface area contributed by atoms with Gasteiger partial charge in [0.2, 0.25) is 0 Å². The molecular weight excluding hydrogens is 328 g/mol. The molecule has 1 N–H and O–H groups in total. The van der Waals surface area contributed by atoms with Gasteiger partial charge in [0.05, 0.1) is 13.7 Å². The zero-order chi connectivity index (χ0) is 17.2. The van der Waals surface area contributed by atoms with Gasteiger partial charge in [0, 0.05) is 25.6 Å². The number of nitrogens with zero attached hydrogens (tertiary/aromatic N) is 1. The van der Waals surface area contributed by atoms with Crippen LogP contribution in [-0.2, 0) is 16.6 Å². The van der Waals surface area contributed by atoms with Gasteiger partial charge in [-0.3, -0.25) is 0 Å². The topological polar surface area (TPSA) is 67.9 Å². The number of fused-ring (bicyclic) bond motifs is 1. The normalized spacial score (nSPS) is 22.7. The standard InChI is InChI=1S/C17H26N2O4S/c1-13-6-8-19(9-7-13)24(20,21)18-11-14-10-15-4-3-5-16(22-2)17(15)23-12-14/h3-5,13-14,18H,6-12H2,1-2H3/t14-/m0/s1. The molecule has 2 aliphatic rings. The zero-order valence-corrected chi connectivity index (χ0v) is 15.1. The summed E-state index contributed by atoms with van der Waals surface area (Å²) < 4.78 is 40.3. The molecule has 1 atom stereocenters. The van der Waals surface area contributed by atoms with E-state index in [-0.39, 0.29) is 5.92 Å². The summed E-state index contributed by atoms with van der Waals surface area (Å²) in [5.41, 5.74) is 1.07. The lowest BCUT2D eigenvalue weighted by Crippen LogP contribution is -2.46. The maximum absolute atomic E-state index is 12.4. The number of piperidine rings is 1. The molecule has 1 saturated heterocycles. The van der Waals surface area contributed by atoms with E-state index in [0.717, 1.165) is 36.3 Å². The molecule has 0 unspecified atom stereocenters. The third-order valence-corrected chi connectivity index (χ3v) is 6.47. The molecule has 7 heteroatoms. The minimum absolute atomic E-state index is 0.128. The molecule has 134 valence electrons. The SMILES string of the molecule is COc1cccc2c1OC[C@H](CNS(=O)(=O)N1CCC(C)CC1)C2. The van der Waals surface area contributed by atoms with E-state index in [1.165, 1.54) is 0 Å². The molecule has 24 heavy (non-hydrogen) atoms. The van der Waals surface area contributed by atoms with Crippen LogP contribution in [-0.4, -0.2) is 46.1 Å². The Hall–Kier alpha value is -1.31. The van der Waals surface area contributed by atoms with Gasteiger partial charge in [0.1, 0.15) is 0 Å². The predicted molar refractivity (Wildman–Crippen MR) is 92.6 cm³/mol. The number of benzene rings is 1. The van der Waals surface area contributed by atoms with Crippen LogP contribution in [0.5, 0.6) is 11.5 Å². The minimum Gasteiger partial charge on any atom is -0.493 e. The fourth-order valence-electron chi connectivity index (χ4n) is 3.29. The molecule has 0 aromatic heterocycles. The molecular formula is C17H26N2O4S. The molecule has 0 aliphatic carbocycles. The van der Waals surface area contributed by atoms with Crippen LogP contribution in [0.2, 0.25) is 0 Å². The molecule has 3 rings (SSSR count). The predicted octanol–water partition coefficient (Wildman–Crippen LogP) is 1.81. The van der Waals surface area contributed by atoms with Gasteiger partial charge in [-0.25, -0.2) is 4.72 Å². The number of rotatable bonds is 5. The quantitative estimate of drug-likeness (QED) is 0.876. The van der Waals surface area contributed by atoms with Gasteiger partial charge in [-0.1, -0.05) is 19.1 Å². The highest BCUT2D eigenvalue weighted by Crippen LogP contribution is 2.35. The van der Waals surface area contributed by atoms with Crippen LogP contribution >= 0.6 is 0 Å². The van der Waals surface area contributed by atoms with Crippen molar-refractivity contribution in [3.05, 3.63) is 23.8 Å². The van der Waals surface area contributed by atoms with Gasteiger partial charge in [0.25, 0.3) is 10.2 Å². The van der Waals surface area contributed by atoms with Gasteiger partial charge in [-0.05, 0) is 36.8 Å². The Morgan fingerprint density at radius 2 is 2.08 bits per heavy atom. The monoisotopic (exact) mass is 354 g/mol.